The van der Waals surface area contributed by atoms with Crippen LogP contribution in [0.25, 0.3) is 0 Å². The van der Waals surface area contributed by atoms with Crippen molar-refractivity contribution in [3.05, 3.63) is 23.9 Å². The second-order valence-corrected chi connectivity index (χ2v) is 5.69. The monoisotopic (exact) mass is 231 g/mol. The number of rotatable bonds is 1. The van der Waals surface area contributed by atoms with Gasteiger partial charge in [-0.15, -0.1) is 0 Å². The van der Waals surface area contributed by atoms with Crippen molar-refractivity contribution in [2.24, 2.45) is 17.6 Å². The number of nitrogens with zero attached hydrogens (tertiary/aromatic N) is 2. The molecule has 2 fully saturated rings. The Bertz CT molecular complexity index is 404. The molecular weight excluding hydrogens is 210 g/mol. The van der Waals surface area contributed by atoms with E-state index in [1.807, 2.05) is 6.20 Å². The quantitative estimate of drug-likeness (QED) is 0.803. The van der Waals surface area contributed by atoms with Crippen molar-refractivity contribution in [1.29, 1.82) is 0 Å². The first-order chi connectivity index (χ1) is 8.22. The Balaban J connectivity index is 1.75. The number of aryl methyl sites for hydroxylation is 1. The largest absolute Gasteiger partial charge is 0.356 e. The van der Waals surface area contributed by atoms with Gasteiger partial charge in [0.15, 0.2) is 0 Å². The predicted molar refractivity (Wildman–Crippen MR) is 70.0 cm³/mol. The minimum atomic E-state index is 0.432. The molecule has 3 nitrogen and oxygen atoms in total. The molecular formula is C14H21N3. The smallest absolute Gasteiger partial charge is 0.128 e. The van der Waals surface area contributed by atoms with Crippen LogP contribution < -0.4 is 10.6 Å². The van der Waals surface area contributed by atoms with Crippen LogP contribution in [0.3, 0.4) is 0 Å². The molecule has 0 spiro atoms. The van der Waals surface area contributed by atoms with E-state index in [1.165, 1.54) is 31.4 Å². The van der Waals surface area contributed by atoms with Crippen LogP contribution in [0.2, 0.25) is 0 Å². The molecule has 1 aliphatic carbocycles. The molecule has 2 heterocycles. The second-order valence-electron chi connectivity index (χ2n) is 5.69. The summed E-state index contributed by atoms with van der Waals surface area (Å²) in [4.78, 5) is 6.94. The van der Waals surface area contributed by atoms with Crippen LogP contribution in [0.1, 0.15) is 24.8 Å². The van der Waals surface area contributed by atoms with Crippen molar-refractivity contribution in [2.75, 3.05) is 18.0 Å². The fourth-order valence-electron chi connectivity index (χ4n) is 3.35. The first-order valence-corrected chi connectivity index (χ1v) is 6.65. The molecule has 2 aliphatic rings. The van der Waals surface area contributed by atoms with Crippen LogP contribution in [0, 0.1) is 18.8 Å². The number of aromatic nitrogens is 1. The Morgan fingerprint density at radius 2 is 2.12 bits per heavy atom. The standard InChI is InChI=1S/C14H21N3/c1-10-4-5-16-14(6-10)17-8-11-2-3-13(15)7-12(11)9-17/h4-6,11-13H,2-3,7-9,15H2,1H3/t11-,12+,13?/m1/s1. The molecule has 0 bridgehead atoms. The molecule has 3 rings (SSSR count). The van der Waals surface area contributed by atoms with Crippen molar-refractivity contribution in [1.82, 2.24) is 4.98 Å². The minimum Gasteiger partial charge on any atom is -0.356 e. The van der Waals surface area contributed by atoms with Gasteiger partial charge in [-0.25, -0.2) is 4.98 Å². The predicted octanol–water partition coefficient (Wildman–Crippen LogP) is 1.95. The number of hydrogen-bond donors (Lipinski definition) is 1. The van der Waals surface area contributed by atoms with Gasteiger partial charge in [-0.3, -0.25) is 0 Å². The molecule has 0 radical (unpaired) electrons. The van der Waals surface area contributed by atoms with E-state index < -0.39 is 0 Å². The molecule has 1 unspecified atom stereocenters. The van der Waals surface area contributed by atoms with Gasteiger partial charge in [0.1, 0.15) is 5.82 Å². The third-order valence-electron chi connectivity index (χ3n) is 4.32. The Labute approximate surface area is 103 Å². The van der Waals surface area contributed by atoms with Crippen molar-refractivity contribution in [3.8, 4) is 0 Å². The highest BCUT2D eigenvalue weighted by Crippen LogP contribution is 2.37. The molecule has 2 N–H and O–H groups in total. The summed E-state index contributed by atoms with van der Waals surface area (Å²) in [6.07, 6.45) is 5.62. The summed E-state index contributed by atoms with van der Waals surface area (Å²) in [5.74, 6) is 2.78. The summed E-state index contributed by atoms with van der Waals surface area (Å²) < 4.78 is 0. The number of pyridine rings is 1. The third kappa shape index (κ3) is 2.16. The second kappa shape index (κ2) is 4.30. The average molecular weight is 231 g/mol. The minimum absolute atomic E-state index is 0.432. The van der Waals surface area contributed by atoms with E-state index in [0.29, 0.717) is 6.04 Å². The maximum Gasteiger partial charge on any atom is 0.128 e. The molecule has 3 heteroatoms. The molecule has 1 saturated heterocycles. The van der Waals surface area contributed by atoms with Gasteiger partial charge in [0.05, 0.1) is 0 Å². The molecule has 0 amide bonds. The zero-order chi connectivity index (χ0) is 11.8. The van der Waals surface area contributed by atoms with Crippen molar-refractivity contribution < 1.29 is 0 Å². The van der Waals surface area contributed by atoms with Crippen LogP contribution in [0.4, 0.5) is 5.82 Å². The van der Waals surface area contributed by atoms with Crippen LogP contribution in [-0.4, -0.2) is 24.1 Å². The topological polar surface area (TPSA) is 42.2 Å². The summed E-state index contributed by atoms with van der Waals surface area (Å²) >= 11 is 0. The van der Waals surface area contributed by atoms with Gasteiger partial charge < -0.3 is 10.6 Å². The zero-order valence-corrected chi connectivity index (χ0v) is 10.5. The summed E-state index contributed by atoms with van der Waals surface area (Å²) in [5.41, 5.74) is 7.36. The van der Waals surface area contributed by atoms with Crippen LogP contribution >= 0.6 is 0 Å². The number of nitrogens with two attached hydrogens (primary N) is 1. The van der Waals surface area contributed by atoms with Gasteiger partial charge in [0, 0.05) is 25.3 Å². The highest BCUT2D eigenvalue weighted by Gasteiger charge is 2.37. The highest BCUT2D eigenvalue weighted by atomic mass is 15.2. The Morgan fingerprint density at radius 1 is 1.29 bits per heavy atom. The molecule has 92 valence electrons. The first-order valence-electron chi connectivity index (χ1n) is 6.65. The van der Waals surface area contributed by atoms with Gasteiger partial charge in [0.25, 0.3) is 0 Å². The lowest BCUT2D eigenvalue weighted by Gasteiger charge is -2.27. The van der Waals surface area contributed by atoms with Crippen LogP contribution in [0.5, 0.6) is 0 Å². The fourth-order valence-corrected chi connectivity index (χ4v) is 3.35. The summed E-state index contributed by atoms with van der Waals surface area (Å²) in [7, 11) is 0. The highest BCUT2D eigenvalue weighted by molar-refractivity contribution is 5.42. The Morgan fingerprint density at radius 3 is 2.94 bits per heavy atom. The number of hydrogen-bond acceptors (Lipinski definition) is 3. The van der Waals surface area contributed by atoms with Gasteiger partial charge in [-0.1, -0.05) is 0 Å². The lowest BCUT2D eigenvalue weighted by atomic mass is 9.79. The van der Waals surface area contributed by atoms with Gasteiger partial charge >= 0.3 is 0 Å². The molecule has 1 aromatic heterocycles. The Kier molecular flexibility index (Phi) is 2.79. The number of fused-ring (bicyclic) bond motifs is 1. The van der Waals surface area contributed by atoms with Crippen molar-refractivity contribution >= 4 is 5.82 Å². The van der Waals surface area contributed by atoms with E-state index in [-0.39, 0.29) is 0 Å². The van der Waals surface area contributed by atoms with Crippen LogP contribution in [-0.2, 0) is 0 Å². The lowest BCUT2D eigenvalue weighted by molar-refractivity contribution is 0.271. The fraction of sp³-hybridized carbons (Fsp3) is 0.643. The summed E-state index contributed by atoms with van der Waals surface area (Å²) in [6.45, 7) is 4.45. The summed E-state index contributed by atoms with van der Waals surface area (Å²) in [5, 5.41) is 0. The molecule has 1 saturated carbocycles. The lowest BCUT2D eigenvalue weighted by Crippen LogP contribution is -2.32. The van der Waals surface area contributed by atoms with Gasteiger partial charge in [-0.2, -0.15) is 0 Å². The molecule has 1 aliphatic heterocycles. The average Bonchev–Trinajstić information content (AvgIpc) is 2.72. The van der Waals surface area contributed by atoms with Gasteiger partial charge in [0.2, 0.25) is 0 Å². The number of anilines is 1. The van der Waals surface area contributed by atoms with Crippen molar-refractivity contribution in [3.63, 3.8) is 0 Å². The van der Waals surface area contributed by atoms with Crippen molar-refractivity contribution in [2.45, 2.75) is 32.2 Å². The van der Waals surface area contributed by atoms with E-state index in [4.69, 9.17) is 5.73 Å². The van der Waals surface area contributed by atoms with Gasteiger partial charge in [-0.05, 0) is 55.7 Å². The zero-order valence-electron chi connectivity index (χ0n) is 10.5. The van der Waals surface area contributed by atoms with E-state index >= 15 is 0 Å². The third-order valence-corrected chi connectivity index (χ3v) is 4.32. The maximum absolute atomic E-state index is 6.06. The molecule has 3 atom stereocenters. The molecule has 0 aromatic carbocycles. The maximum atomic E-state index is 6.06. The van der Waals surface area contributed by atoms with E-state index in [9.17, 15) is 0 Å². The van der Waals surface area contributed by atoms with E-state index in [1.54, 1.807) is 0 Å². The molecule has 1 aromatic rings. The van der Waals surface area contributed by atoms with E-state index in [2.05, 4.69) is 28.9 Å². The SMILES string of the molecule is Cc1ccnc(N2C[C@H]3CCC(N)C[C@H]3C2)c1. The normalized spacial score (nSPS) is 32.6. The molecule has 17 heavy (non-hydrogen) atoms. The summed E-state index contributed by atoms with van der Waals surface area (Å²) in [6, 6.07) is 4.68. The Hall–Kier alpha value is -1.09. The van der Waals surface area contributed by atoms with E-state index in [0.717, 1.165) is 24.2 Å². The van der Waals surface area contributed by atoms with Crippen LogP contribution in [0.15, 0.2) is 18.3 Å². The first kappa shape index (κ1) is 11.0.